The molecule has 28 heavy (non-hydrogen) atoms. The number of hydrogen-bond donors (Lipinski definition) is 1. The van der Waals surface area contributed by atoms with Gasteiger partial charge in [0.25, 0.3) is 5.91 Å². The summed E-state index contributed by atoms with van der Waals surface area (Å²) in [5.41, 5.74) is 0.636. The van der Waals surface area contributed by atoms with Gasteiger partial charge in [0, 0.05) is 4.90 Å². The number of thioether (sulfide) groups is 1. The van der Waals surface area contributed by atoms with Crippen molar-refractivity contribution in [2.24, 2.45) is 0 Å². The summed E-state index contributed by atoms with van der Waals surface area (Å²) >= 11 is 1.63. The van der Waals surface area contributed by atoms with Crippen molar-refractivity contribution in [3.05, 3.63) is 65.8 Å². The van der Waals surface area contributed by atoms with Crippen LogP contribution < -0.4 is 14.8 Å². The molecule has 8 heteroatoms. The summed E-state index contributed by atoms with van der Waals surface area (Å²) in [6, 6.07) is 14.7. The third-order valence-electron chi connectivity index (χ3n) is 3.77. The largest absolute Gasteiger partial charge is 0.497 e. The molecule has 1 amide bonds. The zero-order valence-corrected chi connectivity index (χ0v) is 16.5. The number of aromatic nitrogens is 2. The van der Waals surface area contributed by atoms with Crippen molar-refractivity contribution in [2.45, 2.75) is 25.0 Å². The van der Waals surface area contributed by atoms with Crippen molar-refractivity contribution in [3.63, 3.8) is 0 Å². The Hall–Kier alpha value is -3.00. The fourth-order valence-electron chi connectivity index (χ4n) is 2.43. The van der Waals surface area contributed by atoms with Gasteiger partial charge in [0.1, 0.15) is 11.5 Å². The molecule has 0 aliphatic rings. The molecule has 0 saturated carbocycles. The van der Waals surface area contributed by atoms with Gasteiger partial charge in [0.2, 0.25) is 11.7 Å². The second-order valence-corrected chi connectivity index (χ2v) is 6.99. The Bertz CT molecular complexity index is 912. The monoisotopic (exact) mass is 399 g/mol. The average Bonchev–Trinajstić information content (AvgIpc) is 3.19. The van der Waals surface area contributed by atoms with E-state index in [9.17, 15) is 4.79 Å². The molecular weight excluding hydrogens is 378 g/mol. The molecule has 0 fully saturated rings. The lowest BCUT2D eigenvalue weighted by Crippen LogP contribution is -2.23. The molecule has 1 N–H and O–H groups in total. The van der Waals surface area contributed by atoms with Crippen LogP contribution in [0.2, 0.25) is 0 Å². The summed E-state index contributed by atoms with van der Waals surface area (Å²) in [4.78, 5) is 17.6. The number of ether oxygens (including phenoxy) is 2. The predicted molar refractivity (Wildman–Crippen MR) is 106 cm³/mol. The second kappa shape index (κ2) is 9.80. The van der Waals surface area contributed by atoms with Crippen LogP contribution in [0.15, 0.2) is 57.9 Å². The molecule has 3 aromatic rings. The fourth-order valence-corrected chi connectivity index (χ4v) is 3.23. The summed E-state index contributed by atoms with van der Waals surface area (Å²) < 4.78 is 15.9. The maximum Gasteiger partial charge on any atom is 0.252 e. The van der Waals surface area contributed by atoms with E-state index in [0.29, 0.717) is 23.0 Å². The molecule has 2 aromatic carbocycles. The maximum atomic E-state index is 12.4. The van der Waals surface area contributed by atoms with E-state index in [0.717, 1.165) is 16.4 Å². The molecule has 0 atom stereocenters. The van der Waals surface area contributed by atoms with Gasteiger partial charge >= 0.3 is 0 Å². The zero-order chi connectivity index (χ0) is 19.8. The molecular formula is C20H21N3O4S. The SMILES string of the molecule is CCSc1ccccc1C(=O)NCc1nc(COc2ccc(OC)cc2)no1. The van der Waals surface area contributed by atoms with Gasteiger partial charge < -0.3 is 19.3 Å². The minimum atomic E-state index is -0.175. The Labute approximate surface area is 167 Å². The van der Waals surface area contributed by atoms with Crippen LogP contribution in [0.3, 0.4) is 0 Å². The van der Waals surface area contributed by atoms with Gasteiger partial charge in [-0.15, -0.1) is 11.8 Å². The average molecular weight is 399 g/mol. The summed E-state index contributed by atoms with van der Waals surface area (Å²) in [7, 11) is 1.61. The van der Waals surface area contributed by atoms with Crippen molar-refractivity contribution in [3.8, 4) is 11.5 Å². The highest BCUT2D eigenvalue weighted by molar-refractivity contribution is 7.99. The Kier molecular flexibility index (Phi) is 6.91. The highest BCUT2D eigenvalue weighted by Crippen LogP contribution is 2.22. The molecule has 1 heterocycles. The summed E-state index contributed by atoms with van der Waals surface area (Å²) in [5.74, 6) is 2.87. The third-order valence-corrected chi connectivity index (χ3v) is 4.72. The van der Waals surface area contributed by atoms with Crippen molar-refractivity contribution >= 4 is 17.7 Å². The molecule has 1 aromatic heterocycles. The number of carbonyl (C=O) groups excluding carboxylic acids is 1. The van der Waals surface area contributed by atoms with Crippen molar-refractivity contribution in [1.82, 2.24) is 15.5 Å². The van der Waals surface area contributed by atoms with Crippen LogP contribution in [0.1, 0.15) is 29.0 Å². The van der Waals surface area contributed by atoms with Crippen molar-refractivity contribution in [1.29, 1.82) is 0 Å². The van der Waals surface area contributed by atoms with Gasteiger partial charge in [-0.2, -0.15) is 4.98 Å². The van der Waals surface area contributed by atoms with E-state index in [1.807, 2.05) is 25.1 Å². The lowest BCUT2D eigenvalue weighted by molar-refractivity contribution is 0.0943. The second-order valence-electron chi connectivity index (χ2n) is 5.68. The van der Waals surface area contributed by atoms with Gasteiger partial charge in [0.05, 0.1) is 19.2 Å². The third kappa shape index (κ3) is 5.26. The fraction of sp³-hybridized carbons (Fsp3) is 0.250. The smallest absolute Gasteiger partial charge is 0.252 e. The molecule has 0 radical (unpaired) electrons. The van der Waals surface area contributed by atoms with Gasteiger partial charge in [-0.3, -0.25) is 4.79 Å². The Balaban J connectivity index is 1.52. The van der Waals surface area contributed by atoms with Crippen LogP contribution in [-0.2, 0) is 13.2 Å². The number of hydrogen-bond acceptors (Lipinski definition) is 7. The number of nitrogens with zero attached hydrogens (tertiary/aromatic N) is 2. The van der Waals surface area contributed by atoms with E-state index in [1.54, 1.807) is 49.2 Å². The van der Waals surface area contributed by atoms with E-state index >= 15 is 0 Å². The van der Waals surface area contributed by atoms with Gasteiger partial charge in [-0.1, -0.05) is 24.2 Å². The number of amides is 1. The van der Waals surface area contributed by atoms with Gasteiger partial charge in [-0.05, 0) is 42.2 Å². The van der Waals surface area contributed by atoms with Crippen LogP contribution >= 0.6 is 11.8 Å². The van der Waals surface area contributed by atoms with E-state index in [-0.39, 0.29) is 19.1 Å². The molecule has 0 aliphatic heterocycles. The number of nitrogens with one attached hydrogen (secondary N) is 1. The van der Waals surface area contributed by atoms with E-state index in [4.69, 9.17) is 14.0 Å². The molecule has 146 valence electrons. The first-order chi connectivity index (χ1) is 13.7. The van der Waals surface area contributed by atoms with Gasteiger partial charge in [-0.25, -0.2) is 0 Å². The number of carbonyl (C=O) groups is 1. The van der Waals surface area contributed by atoms with Crippen molar-refractivity contribution in [2.75, 3.05) is 12.9 Å². The molecule has 0 spiro atoms. The predicted octanol–water partition coefficient (Wildman–Crippen LogP) is 3.70. The molecule has 0 bridgehead atoms. The lowest BCUT2D eigenvalue weighted by Gasteiger charge is -2.07. The molecule has 7 nitrogen and oxygen atoms in total. The normalized spacial score (nSPS) is 10.5. The Morgan fingerprint density at radius 2 is 1.89 bits per heavy atom. The Morgan fingerprint density at radius 3 is 2.64 bits per heavy atom. The van der Waals surface area contributed by atoms with Gasteiger partial charge in [0.15, 0.2) is 6.61 Å². The first-order valence-electron chi connectivity index (χ1n) is 8.78. The quantitative estimate of drug-likeness (QED) is 0.549. The molecule has 0 unspecified atom stereocenters. The van der Waals surface area contributed by atoms with Crippen LogP contribution in [0.4, 0.5) is 0 Å². The minimum absolute atomic E-state index is 0.152. The Morgan fingerprint density at radius 1 is 1.14 bits per heavy atom. The van der Waals surface area contributed by atoms with E-state index in [1.165, 1.54) is 0 Å². The summed E-state index contributed by atoms with van der Waals surface area (Å²) in [6.45, 7) is 2.37. The molecule has 0 aliphatic carbocycles. The van der Waals surface area contributed by atoms with Crippen LogP contribution in [0.5, 0.6) is 11.5 Å². The minimum Gasteiger partial charge on any atom is -0.497 e. The molecule has 3 rings (SSSR count). The lowest BCUT2D eigenvalue weighted by atomic mass is 10.2. The van der Waals surface area contributed by atoms with Crippen molar-refractivity contribution < 1.29 is 18.8 Å². The first-order valence-corrected chi connectivity index (χ1v) is 9.76. The summed E-state index contributed by atoms with van der Waals surface area (Å²) in [5, 5.41) is 6.68. The molecule has 0 saturated heterocycles. The maximum absolute atomic E-state index is 12.4. The van der Waals surface area contributed by atoms with Crippen LogP contribution in [-0.4, -0.2) is 28.9 Å². The first kappa shape index (κ1) is 19.8. The topological polar surface area (TPSA) is 86.5 Å². The summed E-state index contributed by atoms with van der Waals surface area (Å²) in [6.07, 6.45) is 0. The highest BCUT2D eigenvalue weighted by Gasteiger charge is 2.13. The zero-order valence-electron chi connectivity index (χ0n) is 15.7. The van der Waals surface area contributed by atoms with Crippen LogP contribution in [0.25, 0.3) is 0 Å². The van der Waals surface area contributed by atoms with Crippen LogP contribution in [0, 0.1) is 0 Å². The highest BCUT2D eigenvalue weighted by atomic mass is 32.2. The van der Waals surface area contributed by atoms with E-state index in [2.05, 4.69) is 15.5 Å². The number of rotatable bonds is 9. The van der Waals surface area contributed by atoms with E-state index < -0.39 is 0 Å². The standard InChI is InChI=1S/C20H21N3O4S/c1-3-28-17-7-5-4-6-16(17)20(24)21-12-19-22-18(23-27-19)13-26-15-10-8-14(25-2)9-11-15/h4-11H,3,12-13H2,1-2H3,(H,21,24). The number of methoxy groups -OCH3 is 1. The number of benzene rings is 2.